The number of ether oxygens (including phenoxy) is 1. The lowest BCUT2D eigenvalue weighted by Gasteiger charge is -2.21. The highest BCUT2D eigenvalue weighted by Crippen LogP contribution is 2.33. The molecule has 5 heteroatoms. The van der Waals surface area contributed by atoms with E-state index in [0.717, 1.165) is 29.0 Å². The fourth-order valence-corrected chi connectivity index (χ4v) is 3.14. The van der Waals surface area contributed by atoms with Gasteiger partial charge >= 0.3 is 6.18 Å². The molecule has 0 bridgehead atoms. The van der Waals surface area contributed by atoms with Crippen LogP contribution in [-0.2, 0) is 11.0 Å². The molecule has 2 nitrogen and oxygen atoms in total. The first kappa shape index (κ1) is 19.0. The number of benzene rings is 2. The van der Waals surface area contributed by atoms with Gasteiger partial charge in [0.2, 0.25) is 0 Å². The normalized spacial score (nSPS) is 17.9. The standard InChI is InChI=1S/C22H19F3O2/c1-27-21-10-6-17(7-11-21)18-12-16(13-20(26)14-18)3-2-15-4-8-19(9-5-15)22(23,24)25/h2-11,13,18H,12,14H2,1H3. The molecular weight excluding hydrogens is 353 g/mol. The Morgan fingerprint density at radius 2 is 1.63 bits per heavy atom. The molecule has 0 heterocycles. The third kappa shape index (κ3) is 4.88. The van der Waals surface area contributed by atoms with Crippen molar-refractivity contribution in [3.05, 3.63) is 82.9 Å². The molecule has 0 radical (unpaired) electrons. The lowest BCUT2D eigenvalue weighted by Crippen LogP contribution is -2.12. The largest absolute Gasteiger partial charge is 0.497 e. The van der Waals surface area contributed by atoms with Gasteiger partial charge in [-0.25, -0.2) is 0 Å². The Bertz CT molecular complexity index is 860. The van der Waals surface area contributed by atoms with E-state index in [2.05, 4.69) is 0 Å². The second-order valence-corrected chi connectivity index (χ2v) is 6.52. The van der Waals surface area contributed by atoms with E-state index in [9.17, 15) is 18.0 Å². The van der Waals surface area contributed by atoms with Crippen molar-refractivity contribution in [3.8, 4) is 5.75 Å². The van der Waals surface area contributed by atoms with Crippen LogP contribution >= 0.6 is 0 Å². The minimum atomic E-state index is -4.34. The van der Waals surface area contributed by atoms with Gasteiger partial charge < -0.3 is 4.74 Å². The lowest BCUT2D eigenvalue weighted by molar-refractivity contribution is -0.137. The number of hydrogen-bond donors (Lipinski definition) is 0. The summed E-state index contributed by atoms with van der Waals surface area (Å²) in [7, 11) is 1.60. The Morgan fingerprint density at radius 1 is 0.963 bits per heavy atom. The van der Waals surface area contributed by atoms with Crippen LogP contribution in [0.2, 0.25) is 0 Å². The summed E-state index contributed by atoms with van der Waals surface area (Å²) < 4.78 is 43.0. The van der Waals surface area contributed by atoms with Gasteiger partial charge in [-0.05, 0) is 59.4 Å². The average molecular weight is 372 g/mol. The molecule has 0 aliphatic heterocycles. The number of methoxy groups -OCH3 is 1. The minimum Gasteiger partial charge on any atom is -0.497 e. The zero-order chi connectivity index (χ0) is 19.4. The van der Waals surface area contributed by atoms with Gasteiger partial charge in [-0.3, -0.25) is 4.79 Å². The van der Waals surface area contributed by atoms with Gasteiger partial charge in [0.25, 0.3) is 0 Å². The van der Waals surface area contributed by atoms with E-state index in [1.165, 1.54) is 12.1 Å². The van der Waals surface area contributed by atoms with E-state index >= 15 is 0 Å². The van der Waals surface area contributed by atoms with Crippen molar-refractivity contribution < 1.29 is 22.7 Å². The second kappa shape index (κ2) is 7.82. The highest BCUT2D eigenvalue weighted by atomic mass is 19.4. The van der Waals surface area contributed by atoms with Gasteiger partial charge in [0.15, 0.2) is 5.78 Å². The van der Waals surface area contributed by atoms with E-state index in [1.54, 1.807) is 25.3 Å². The smallest absolute Gasteiger partial charge is 0.416 e. The molecule has 0 N–H and O–H groups in total. The first-order chi connectivity index (χ1) is 12.8. The molecule has 3 rings (SSSR count). The van der Waals surface area contributed by atoms with Crippen LogP contribution in [0.15, 0.2) is 66.3 Å². The topological polar surface area (TPSA) is 26.3 Å². The van der Waals surface area contributed by atoms with Crippen LogP contribution in [0, 0.1) is 0 Å². The number of rotatable bonds is 4. The van der Waals surface area contributed by atoms with Crippen molar-refractivity contribution >= 4 is 11.9 Å². The molecule has 140 valence electrons. The maximum atomic E-state index is 12.6. The lowest BCUT2D eigenvalue weighted by atomic mass is 9.83. The summed E-state index contributed by atoms with van der Waals surface area (Å²) in [4.78, 5) is 12.1. The number of hydrogen-bond acceptors (Lipinski definition) is 2. The van der Waals surface area contributed by atoms with Crippen molar-refractivity contribution in [2.24, 2.45) is 0 Å². The number of ketones is 1. The molecule has 0 saturated carbocycles. The van der Waals surface area contributed by atoms with Gasteiger partial charge in [-0.15, -0.1) is 0 Å². The summed E-state index contributed by atoms with van der Waals surface area (Å²) in [6, 6.07) is 12.6. The molecule has 1 aliphatic carbocycles. The number of alkyl halides is 3. The van der Waals surface area contributed by atoms with E-state index in [4.69, 9.17) is 4.74 Å². The molecule has 1 unspecified atom stereocenters. The van der Waals surface area contributed by atoms with Crippen molar-refractivity contribution in [2.45, 2.75) is 24.9 Å². The molecule has 1 atom stereocenters. The third-order valence-electron chi connectivity index (χ3n) is 4.59. The van der Waals surface area contributed by atoms with Crippen LogP contribution in [0.1, 0.15) is 35.4 Å². The molecule has 0 fully saturated rings. The van der Waals surface area contributed by atoms with Gasteiger partial charge in [0.1, 0.15) is 5.75 Å². The van der Waals surface area contributed by atoms with Crippen molar-refractivity contribution in [1.29, 1.82) is 0 Å². The van der Waals surface area contributed by atoms with E-state index in [0.29, 0.717) is 18.4 Å². The molecule has 27 heavy (non-hydrogen) atoms. The molecular formula is C22H19F3O2. The fraction of sp³-hybridized carbons (Fsp3) is 0.227. The number of halogens is 3. The van der Waals surface area contributed by atoms with Crippen LogP contribution < -0.4 is 4.74 Å². The Labute approximate surface area is 156 Å². The summed E-state index contributed by atoms with van der Waals surface area (Å²) in [6.07, 6.45) is 1.96. The first-order valence-electron chi connectivity index (χ1n) is 8.58. The van der Waals surface area contributed by atoms with E-state index in [1.807, 2.05) is 24.3 Å². The second-order valence-electron chi connectivity index (χ2n) is 6.52. The minimum absolute atomic E-state index is 0.0501. The SMILES string of the molecule is COc1ccc(C2CC(=O)C=C(C=Cc3ccc(C(F)(F)F)cc3)C2)cc1. The van der Waals surface area contributed by atoms with Crippen molar-refractivity contribution in [3.63, 3.8) is 0 Å². The molecule has 0 aromatic heterocycles. The maximum absolute atomic E-state index is 12.6. The van der Waals surface area contributed by atoms with Crippen LogP contribution in [0.5, 0.6) is 5.75 Å². The Hall–Kier alpha value is -2.82. The van der Waals surface area contributed by atoms with Crippen molar-refractivity contribution in [2.75, 3.05) is 7.11 Å². The third-order valence-corrected chi connectivity index (χ3v) is 4.59. The summed E-state index contributed by atoms with van der Waals surface area (Å²) in [5, 5.41) is 0. The monoisotopic (exact) mass is 372 g/mol. The quantitative estimate of drug-likeness (QED) is 0.678. The first-order valence-corrected chi connectivity index (χ1v) is 8.58. The molecule has 0 spiro atoms. The van der Waals surface area contributed by atoms with Crippen LogP contribution in [0.3, 0.4) is 0 Å². The summed E-state index contributed by atoms with van der Waals surface area (Å²) >= 11 is 0. The molecule has 0 saturated heterocycles. The van der Waals surface area contributed by atoms with Gasteiger partial charge in [0.05, 0.1) is 12.7 Å². The van der Waals surface area contributed by atoms with E-state index < -0.39 is 11.7 Å². The predicted octanol–water partition coefficient (Wildman–Crippen LogP) is 5.80. The fourth-order valence-electron chi connectivity index (χ4n) is 3.14. The highest BCUT2D eigenvalue weighted by Gasteiger charge is 2.29. The molecule has 0 amide bonds. The van der Waals surface area contributed by atoms with Crippen LogP contribution in [0.4, 0.5) is 13.2 Å². The van der Waals surface area contributed by atoms with Crippen LogP contribution in [0.25, 0.3) is 6.08 Å². The Kier molecular flexibility index (Phi) is 5.49. The highest BCUT2D eigenvalue weighted by molar-refractivity contribution is 5.92. The number of carbonyl (C=O) groups excluding carboxylic acids is 1. The van der Waals surface area contributed by atoms with E-state index in [-0.39, 0.29) is 11.7 Å². The van der Waals surface area contributed by atoms with Gasteiger partial charge in [-0.1, -0.05) is 36.4 Å². The molecule has 2 aromatic carbocycles. The predicted molar refractivity (Wildman–Crippen MR) is 98.5 cm³/mol. The summed E-state index contributed by atoms with van der Waals surface area (Å²) in [5.41, 5.74) is 1.92. The van der Waals surface area contributed by atoms with Gasteiger partial charge in [-0.2, -0.15) is 13.2 Å². The summed E-state index contributed by atoms with van der Waals surface area (Å²) in [5.74, 6) is 0.897. The maximum Gasteiger partial charge on any atom is 0.416 e. The number of allylic oxidation sites excluding steroid dienone is 3. The van der Waals surface area contributed by atoms with Crippen molar-refractivity contribution in [1.82, 2.24) is 0 Å². The summed E-state index contributed by atoms with van der Waals surface area (Å²) in [6.45, 7) is 0. The Morgan fingerprint density at radius 3 is 2.22 bits per heavy atom. The van der Waals surface area contributed by atoms with Crippen LogP contribution in [-0.4, -0.2) is 12.9 Å². The zero-order valence-corrected chi connectivity index (χ0v) is 14.8. The molecule has 2 aromatic rings. The average Bonchev–Trinajstić information content (AvgIpc) is 2.66. The zero-order valence-electron chi connectivity index (χ0n) is 14.8. The Balaban J connectivity index is 1.72. The number of carbonyl (C=O) groups is 1. The van der Waals surface area contributed by atoms with Gasteiger partial charge in [0, 0.05) is 6.42 Å². The molecule has 1 aliphatic rings.